The second-order valence-corrected chi connectivity index (χ2v) is 5.83. The largest absolute Gasteiger partial charge is 0.488 e. The molecule has 0 saturated carbocycles. The smallest absolute Gasteiger partial charge is 0.120 e. The third-order valence-electron chi connectivity index (χ3n) is 3.28. The monoisotopic (exact) mass is 233 g/mol. The Balaban J connectivity index is 2.08. The van der Waals surface area contributed by atoms with E-state index in [2.05, 4.69) is 32.0 Å². The van der Waals surface area contributed by atoms with Gasteiger partial charge in [0.15, 0.2) is 0 Å². The molecule has 0 heterocycles. The van der Waals surface area contributed by atoms with Gasteiger partial charge in [-0.3, -0.25) is 0 Å². The fourth-order valence-electron chi connectivity index (χ4n) is 2.75. The van der Waals surface area contributed by atoms with Crippen LogP contribution in [0.25, 0.3) is 0 Å². The molecule has 1 atom stereocenters. The van der Waals surface area contributed by atoms with Crippen LogP contribution in [0.15, 0.2) is 18.2 Å². The first-order chi connectivity index (χ1) is 7.96. The van der Waals surface area contributed by atoms with E-state index in [9.17, 15) is 0 Å². The standard InChI is InChI=1S/C15H23NO/c1-11(16)10-15(2,3)17-14-8-7-12-5-4-6-13(12)9-14/h7-9,11H,4-6,10,16H2,1-3H3. The topological polar surface area (TPSA) is 35.2 Å². The number of hydrogen-bond donors (Lipinski definition) is 1. The minimum absolute atomic E-state index is 0.166. The number of hydrogen-bond acceptors (Lipinski definition) is 2. The molecule has 1 aliphatic carbocycles. The lowest BCUT2D eigenvalue weighted by Crippen LogP contribution is -2.35. The van der Waals surface area contributed by atoms with Crippen LogP contribution in [-0.2, 0) is 12.8 Å². The molecule has 2 N–H and O–H groups in total. The second kappa shape index (κ2) is 4.69. The van der Waals surface area contributed by atoms with Crippen LogP contribution in [-0.4, -0.2) is 11.6 Å². The molecule has 0 aromatic heterocycles. The van der Waals surface area contributed by atoms with Crippen molar-refractivity contribution in [3.05, 3.63) is 29.3 Å². The number of rotatable bonds is 4. The third-order valence-corrected chi connectivity index (χ3v) is 3.28. The summed E-state index contributed by atoms with van der Waals surface area (Å²) < 4.78 is 6.06. The van der Waals surface area contributed by atoms with E-state index < -0.39 is 0 Å². The summed E-state index contributed by atoms with van der Waals surface area (Å²) in [6.07, 6.45) is 4.56. The lowest BCUT2D eigenvalue weighted by molar-refractivity contribution is 0.0932. The Morgan fingerprint density at radius 3 is 2.71 bits per heavy atom. The highest BCUT2D eigenvalue weighted by molar-refractivity contribution is 5.38. The predicted octanol–water partition coefficient (Wildman–Crippen LogP) is 3.07. The van der Waals surface area contributed by atoms with Crippen molar-refractivity contribution in [2.75, 3.05) is 0 Å². The van der Waals surface area contributed by atoms with Crippen molar-refractivity contribution in [1.29, 1.82) is 0 Å². The van der Waals surface area contributed by atoms with Gasteiger partial charge in [-0.2, -0.15) is 0 Å². The molecule has 1 aliphatic rings. The fourth-order valence-corrected chi connectivity index (χ4v) is 2.75. The lowest BCUT2D eigenvalue weighted by Gasteiger charge is -2.28. The van der Waals surface area contributed by atoms with Gasteiger partial charge in [0.25, 0.3) is 0 Å². The van der Waals surface area contributed by atoms with Gasteiger partial charge in [0, 0.05) is 12.5 Å². The zero-order valence-corrected chi connectivity index (χ0v) is 11.1. The van der Waals surface area contributed by atoms with Gasteiger partial charge in [-0.15, -0.1) is 0 Å². The summed E-state index contributed by atoms with van der Waals surface area (Å²) in [6.45, 7) is 6.22. The molecule has 17 heavy (non-hydrogen) atoms. The van der Waals surface area contributed by atoms with E-state index in [0.717, 1.165) is 12.2 Å². The Labute approximate surface area is 104 Å². The molecule has 0 spiro atoms. The molecule has 0 fully saturated rings. The van der Waals surface area contributed by atoms with Crippen LogP contribution in [0.1, 0.15) is 44.7 Å². The van der Waals surface area contributed by atoms with Crippen LogP contribution in [0, 0.1) is 0 Å². The summed E-state index contributed by atoms with van der Waals surface area (Å²) >= 11 is 0. The fraction of sp³-hybridized carbons (Fsp3) is 0.600. The normalized spacial score (nSPS) is 16.7. The molecule has 2 nitrogen and oxygen atoms in total. The first-order valence-electron chi connectivity index (χ1n) is 6.53. The zero-order chi connectivity index (χ0) is 12.5. The van der Waals surface area contributed by atoms with Crippen molar-refractivity contribution in [2.24, 2.45) is 5.73 Å². The quantitative estimate of drug-likeness (QED) is 0.867. The highest BCUT2D eigenvalue weighted by Gasteiger charge is 2.22. The van der Waals surface area contributed by atoms with Gasteiger partial charge in [0.05, 0.1) is 0 Å². The van der Waals surface area contributed by atoms with Crippen LogP contribution < -0.4 is 10.5 Å². The first kappa shape index (κ1) is 12.4. The highest BCUT2D eigenvalue weighted by atomic mass is 16.5. The highest BCUT2D eigenvalue weighted by Crippen LogP contribution is 2.28. The van der Waals surface area contributed by atoms with Crippen LogP contribution in [0.2, 0.25) is 0 Å². The van der Waals surface area contributed by atoms with Crippen molar-refractivity contribution >= 4 is 0 Å². The summed E-state index contributed by atoms with van der Waals surface area (Å²) in [4.78, 5) is 0. The molecule has 1 aromatic rings. The first-order valence-corrected chi connectivity index (χ1v) is 6.53. The number of aryl methyl sites for hydroxylation is 2. The molecular formula is C15H23NO. The van der Waals surface area contributed by atoms with Gasteiger partial charge in [0.2, 0.25) is 0 Å². The number of nitrogens with two attached hydrogens (primary N) is 1. The van der Waals surface area contributed by atoms with Crippen molar-refractivity contribution in [2.45, 2.75) is 58.1 Å². The minimum Gasteiger partial charge on any atom is -0.488 e. The summed E-state index contributed by atoms with van der Waals surface area (Å²) in [6, 6.07) is 6.66. The van der Waals surface area contributed by atoms with Gasteiger partial charge < -0.3 is 10.5 Å². The van der Waals surface area contributed by atoms with Crippen LogP contribution >= 0.6 is 0 Å². The summed E-state index contributed by atoms with van der Waals surface area (Å²) in [7, 11) is 0. The molecule has 1 aromatic carbocycles. The molecule has 1 unspecified atom stereocenters. The lowest BCUT2D eigenvalue weighted by atomic mass is 10.00. The van der Waals surface area contributed by atoms with Crippen molar-refractivity contribution in [3.63, 3.8) is 0 Å². The van der Waals surface area contributed by atoms with E-state index in [1.54, 1.807) is 0 Å². The molecule has 0 saturated heterocycles. The molecule has 94 valence electrons. The Morgan fingerprint density at radius 1 is 1.29 bits per heavy atom. The number of ether oxygens (including phenoxy) is 1. The maximum Gasteiger partial charge on any atom is 0.120 e. The average molecular weight is 233 g/mol. The van der Waals surface area contributed by atoms with Crippen molar-refractivity contribution < 1.29 is 4.74 Å². The molecule has 0 amide bonds. The van der Waals surface area contributed by atoms with Gasteiger partial charge in [-0.1, -0.05) is 6.07 Å². The van der Waals surface area contributed by atoms with Gasteiger partial charge in [-0.25, -0.2) is 0 Å². The molecule has 0 bridgehead atoms. The molecular weight excluding hydrogens is 210 g/mol. The van der Waals surface area contributed by atoms with Gasteiger partial charge >= 0.3 is 0 Å². The third kappa shape index (κ3) is 3.22. The Morgan fingerprint density at radius 2 is 2.00 bits per heavy atom. The SMILES string of the molecule is CC(N)CC(C)(C)Oc1ccc2c(c1)CCC2. The van der Waals surface area contributed by atoms with Crippen LogP contribution in [0.3, 0.4) is 0 Å². The van der Waals surface area contributed by atoms with E-state index in [1.165, 1.54) is 30.4 Å². The van der Waals surface area contributed by atoms with Gasteiger partial charge in [-0.05, 0) is 63.3 Å². The van der Waals surface area contributed by atoms with Crippen molar-refractivity contribution in [1.82, 2.24) is 0 Å². The van der Waals surface area contributed by atoms with E-state index in [4.69, 9.17) is 10.5 Å². The predicted molar refractivity (Wildman–Crippen MR) is 71.4 cm³/mol. The molecule has 2 rings (SSSR count). The number of benzene rings is 1. The van der Waals surface area contributed by atoms with Crippen LogP contribution in [0.5, 0.6) is 5.75 Å². The number of fused-ring (bicyclic) bond motifs is 1. The van der Waals surface area contributed by atoms with Crippen molar-refractivity contribution in [3.8, 4) is 5.75 Å². The van der Waals surface area contributed by atoms with E-state index >= 15 is 0 Å². The summed E-state index contributed by atoms with van der Waals surface area (Å²) in [5.41, 5.74) is 8.59. The zero-order valence-electron chi connectivity index (χ0n) is 11.1. The van der Waals surface area contributed by atoms with Crippen LogP contribution in [0.4, 0.5) is 0 Å². The van der Waals surface area contributed by atoms with E-state index in [0.29, 0.717) is 0 Å². The maximum atomic E-state index is 6.06. The Kier molecular flexibility index (Phi) is 3.43. The maximum absolute atomic E-state index is 6.06. The Hall–Kier alpha value is -1.02. The summed E-state index contributed by atoms with van der Waals surface area (Å²) in [5, 5.41) is 0. The molecule has 2 heteroatoms. The second-order valence-electron chi connectivity index (χ2n) is 5.83. The molecule has 0 aliphatic heterocycles. The summed E-state index contributed by atoms with van der Waals surface area (Å²) in [5.74, 6) is 0.983. The average Bonchev–Trinajstić information content (AvgIpc) is 2.61. The van der Waals surface area contributed by atoms with Gasteiger partial charge in [0.1, 0.15) is 11.4 Å². The van der Waals surface area contributed by atoms with E-state index in [1.807, 2.05) is 6.92 Å². The molecule has 0 radical (unpaired) electrons. The van der Waals surface area contributed by atoms with E-state index in [-0.39, 0.29) is 11.6 Å². The minimum atomic E-state index is -0.193. The Bertz CT molecular complexity index is 396.